The molecule has 0 aliphatic rings. The van der Waals surface area contributed by atoms with Crippen LogP contribution in [0.4, 0.5) is 11.4 Å². The minimum absolute atomic E-state index is 0.105. The second-order valence-corrected chi connectivity index (χ2v) is 5.51. The predicted molar refractivity (Wildman–Crippen MR) is 86.0 cm³/mol. The number of rotatable bonds is 4. The SMILES string of the molecule is Cc1ccc(Nc2cncc(C(=O)NC(C)C)c2)cc1C. The van der Waals surface area contributed by atoms with E-state index in [9.17, 15) is 4.79 Å². The normalized spacial score (nSPS) is 10.5. The van der Waals surface area contributed by atoms with Gasteiger partial charge in [-0.15, -0.1) is 0 Å². The number of aryl methyl sites for hydroxylation is 2. The van der Waals surface area contributed by atoms with Crippen LogP contribution >= 0.6 is 0 Å². The zero-order valence-electron chi connectivity index (χ0n) is 12.9. The van der Waals surface area contributed by atoms with Crippen molar-refractivity contribution in [2.75, 3.05) is 5.32 Å². The molecule has 1 heterocycles. The van der Waals surface area contributed by atoms with E-state index < -0.39 is 0 Å². The minimum Gasteiger partial charge on any atom is -0.354 e. The van der Waals surface area contributed by atoms with Crippen LogP contribution in [0, 0.1) is 13.8 Å². The molecule has 0 atom stereocenters. The van der Waals surface area contributed by atoms with E-state index in [-0.39, 0.29) is 11.9 Å². The molecule has 2 N–H and O–H groups in total. The molecule has 0 bridgehead atoms. The van der Waals surface area contributed by atoms with Gasteiger partial charge in [-0.3, -0.25) is 9.78 Å². The summed E-state index contributed by atoms with van der Waals surface area (Å²) in [5, 5.41) is 6.14. The average molecular weight is 283 g/mol. The Morgan fingerprint density at radius 2 is 1.81 bits per heavy atom. The minimum atomic E-state index is -0.110. The first-order valence-corrected chi connectivity index (χ1v) is 7.06. The van der Waals surface area contributed by atoms with Crippen LogP contribution in [0.1, 0.15) is 35.3 Å². The molecule has 0 radical (unpaired) electrons. The van der Waals surface area contributed by atoms with Crippen LogP contribution in [0.5, 0.6) is 0 Å². The highest BCUT2D eigenvalue weighted by molar-refractivity contribution is 5.95. The van der Waals surface area contributed by atoms with Crippen molar-refractivity contribution in [1.82, 2.24) is 10.3 Å². The summed E-state index contributed by atoms with van der Waals surface area (Å²) in [6.45, 7) is 8.02. The summed E-state index contributed by atoms with van der Waals surface area (Å²) >= 11 is 0. The van der Waals surface area contributed by atoms with Crippen molar-refractivity contribution in [3.63, 3.8) is 0 Å². The first-order valence-electron chi connectivity index (χ1n) is 7.06. The Morgan fingerprint density at radius 1 is 1.05 bits per heavy atom. The summed E-state index contributed by atoms with van der Waals surface area (Å²) in [5.41, 5.74) is 4.82. The second-order valence-electron chi connectivity index (χ2n) is 5.51. The monoisotopic (exact) mass is 283 g/mol. The average Bonchev–Trinajstić information content (AvgIpc) is 2.42. The lowest BCUT2D eigenvalue weighted by Crippen LogP contribution is -2.30. The first kappa shape index (κ1) is 15.0. The Morgan fingerprint density at radius 3 is 2.48 bits per heavy atom. The van der Waals surface area contributed by atoms with Crippen LogP contribution in [-0.4, -0.2) is 16.9 Å². The predicted octanol–water partition coefficient (Wildman–Crippen LogP) is 3.58. The summed E-state index contributed by atoms with van der Waals surface area (Å²) in [4.78, 5) is 16.1. The van der Waals surface area contributed by atoms with Crippen LogP contribution in [0.15, 0.2) is 36.7 Å². The number of pyridine rings is 1. The topological polar surface area (TPSA) is 54.0 Å². The molecule has 21 heavy (non-hydrogen) atoms. The molecule has 110 valence electrons. The van der Waals surface area contributed by atoms with Gasteiger partial charge in [-0.05, 0) is 57.0 Å². The first-order chi connectivity index (χ1) is 9.95. The molecular formula is C17H21N3O. The van der Waals surface area contributed by atoms with E-state index in [0.717, 1.165) is 11.4 Å². The number of carbonyl (C=O) groups is 1. The molecule has 1 amide bonds. The third kappa shape index (κ3) is 4.05. The Hall–Kier alpha value is -2.36. The van der Waals surface area contributed by atoms with Gasteiger partial charge in [-0.25, -0.2) is 0 Å². The van der Waals surface area contributed by atoms with Crippen LogP contribution < -0.4 is 10.6 Å². The number of hydrogen-bond donors (Lipinski definition) is 2. The van der Waals surface area contributed by atoms with Gasteiger partial charge in [0.1, 0.15) is 0 Å². The maximum Gasteiger partial charge on any atom is 0.253 e. The van der Waals surface area contributed by atoms with Gasteiger partial charge >= 0.3 is 0 Å². The highest BCUT2D eigenvalue weighted by Crippen LogP contribution is 2.19. The number of nitrogens with one attached hydrogen (secondary N) is 2. The Labute approximate surface area is 125 Å². The van der Waals surface area contributed by atoms with Crippen LogP contribution in [0.25, 0.3) is 0 Å². The molecule has 1 aromatic heterocycles. The third-order valence-corrected chi connectivity index (χ3v) is 3.22. The van der Waals surface area contributed by atoms with Gasteiger partial charge in [0.15, 0.2) is 0 Å². The standard InChI is InChI=1S/C17H21N3O/c1-11(2)19-17(21)14-8-16(10-18-9-14)20-15-6-5-12(3)13(4)7-15/h5-11,20H,1-4H3,(H,19,21). The molecule has 0 spiro atoms. The highest BCUT2D eigenvalue weighted by Gasteiger charge is 2.08. The summed E-state index contributed by atoms with van der Waals surface area (Å²) in [6, 6.07) is 8.08. The Kier molecular flexibility index (Phi) is 4.58. The number of hydrogen-bond acceptors (Lipinski definition) is 3. The van der Waals surface area contributed by atoms with Gasteiger partial charge in [0, 0.05) is 17.9 Å². The number of amides is 1. The van der Waals surface area contributed by atoms with Crippen LogP contribution in [-0.2, 0) is 0 Å². The van der Waals surface area contributed by atoms with Gasteiger partial charge < -0.3 is 10.6 Å². The zero-order valence-corrected chi connectivity index (χ0v) is 12.9. The lowest BCUT2D eigenvalue weighted by molar-refractivity contribution is 0.0943. The molecule has 0 unspecified atom stereocenters. The summed E-state index contributed by atoms with van der Waals surface area (Å²) in [5.74, 6) is -0.110. The van der Waals surface area contributed by atoms with Gasteiger partial charge in [0.25, 0.3) is 5.91 Å². The molecule has 4 heteroatoms. The molecule has 0 aliphatic heterocycles. The molecule has 0 aliphatic carbocycles. The van der Waals surface area contributed by atoms with Gasteiger partial charge in [-0.2, -0.15) is 0 Å². The molecule has 0 fully saturated rings. The van der Waals surface area contributed by atoms with E-state index in [1.54, 1.807) is 18.5 Å². The highest BCUT2D eigenvalue weighted by atomic mass is 16.1. The van der Waals surface area contributed by atoms with Crippen molar-refractivity contribution in [1.29, 1.82) is 0 Å². The maximum atomic E-state index is 12.0. The number of nitrogens with zero attached hydrogens (tertiary/aromatic N) is 1. The lowest BCUT2D eigenvalue weighted by atomic mass is 10.1. The van der Waals surface area contributed by atoms with E-state index in [1.165, 1.54) is 11.1 Å². The number of aromatic nitrogens is 1. The van der Waals surface area contributed by atoms with Crippen molar-refractivity contribution in [3.05, 3.63) is 53.3 Å². The number of benzene rings is 1. The quantitative estimate of drug-likeness (QED) is 0.901. The van der Waals surface area contributed by atoms with Gasteiger partial charge in [0.2, 0.25) is 0 Å². The molecule has 1 aromatic carbocycles. The van der Waals surface area contributed by atoms with Crippen molar-refractivity contribution in [2.24, 2.45) is 0 Å². The fourth-order valence-electron chi connectivity index (χ4n) is 1.96. The molecular weight excluding hydrogens is 262 g/mol. The lowest BCUT2D eigenvalue weighted by Gasteiger charge is -2.11. The zero-order chi connectivity index (χ0) is 15.4. The van der Waals surface area contributed by atoms with Crippen molar-refractivity contribution >= 4 is 17.3 Å². The second kappa shape index (κ2) is 6.39. The van der Waals surface area contributed by atoms with E-state index in [1.807, 2.05) is 19.9 Å². The maximum absolute atomic E-state index is 12.0. The summed E-state index contributed by atoms with van der Waals surface area (Å²) in [7, 11) is 0. The van der Waals surface area contributed by atoms with Crippen molar-refractivity contribution in [3.8, 4) is 0 Å². The molecule has 0 saturated heterocycles. The molecule has 2 aromatic rings. The summed E-state index contributed by atoms with van der Waals surface area (Å²) in [6.07, 6.45) is 3.28. The molecule has 4 nitrogen and oxygen atoms in total. The van der Waals surface area contributed by atoms with E-state index in [2.05, 4.69) is 41.6 Å². The third-order valence-electron chi connectivity index (χ3n) is 3.22. The number of anilines is 2. The summed E-state index contributed by atoms with van der Waals surface area (Å²) < 4.78 is 0. The van der Waals surface area contributed by atoms with Gasteiger partial charge in [-0.1, -0.05) is 6.07 Å². The molecule has 0 saturated carbocycles. The smallest absolute Gasteiger partial charge is 0.253 e. The van der Waals surface area contributed by atoms with Gasteiger partial charge in [0.05, 0.1) is 17.4 Å². The fraction of sp³-hybridized carbons (Fsp3) is 0.294. The van der Waals surface area contributed by atoms with Crippen LogP contribution in [0.2, 0.25) is 0 Å². The Bertz CT molecular complexity index is 650. The number of carbonyl (C=O) groups excluding carboxylic acids is 1. The Balaban J connectivity index is 2.17. The fourth-order valence-corrected chi connectivity index (χ4v) is 1.96. The van der Waals surface area contributed by atoms with E-state index >= 15 is 0 Å². The van der Waals surface area contributed by atoms with Crippen LogP contribution in [0.3, 0.4) is 0 Å². The molecule has 2 rings (SSSR count). The van der Waals surface area contributed by atoms with E-state index in [4.69, 9.17) is 0 Å². The largest absolute Gasteiger partial charge is 0.354 e. The van der Waals surface area contributed by atoms with Crippen molar-refractivity contribution < 1.29 is 4.79 Å². The van der Waals surface area contributed by atoms with Crippen molar-refractivity contribution in [2.45, 2.75) is 33.7 Å². The van der Waals surface area contributed by atoms with E-state index in [0.29, 0.717) is 5.56 Å².